The Morgan fingerprint density at radius 2 is 1.93 bits per heavy atom. The first kappa shape index (κ1) is 25.3. The fourth-order valence-electron chi connectivity index (χ4n) is 2.91. The molecule has 0 aliphatic heterocycles. The minimum absolute atomic E-state index is 0. The predicted octanol–water partition coefficient (Wildman–Crippen LogP) is 3.62. The summed E-state index contributed by atoms with van der Waals surface area (Å²) in [5.41, 5.74) is 2.12. The van der Waals surface area contributed by atoms with Crippen LogP contribution in [-0.4, -0.2) is 37.8 Å². The Morgan fingerprint density at radius 3 is 2.59 bits per heavy atom. The number of guanidine groups is 1. The number of aliphatic imine (C=N–C) groups is 1. The molecule has 1 aromatic carbocycles. The van der Waals surface area contributed by atoms with Crippen LogP contribution in [0, 0.1) is 6.92 Å². The Morgan fingerprint density at radius 1 is 1.17 bits per heavy atom. The van der Waals surface area contributed by atoms with Crippen molar-refractivity contribution < 1.29 is 4.74 Å². The zero-order valence-corrected chi connectivity index (χ0v) is 20.3. The fourth-order valence-corrected chi connectivity index (χ4v) is 3.17. The number of nitrogens with zero attached hydrogens (tertiary/aromatic N) is 2. The first-order valence-corrected chi connectivity index (χ1v) is 9.86. The second-order valence-corrected chi connectivity index (χ2v) is 6.90. The van der Waals surface area contributed by atoms with Crippen LogP contribution in [0.5, 0.6) is 5.75 Å². The van der Waals surface area contributed by atoms with Gasteiger partial charge in [0, 0.05) is 43.5 Å². The van der Waals surface area contributed by atoms with Crippen LogP contribution in [0.1, 0.15) is 24.1 Å². The second kappa shape index (κ2) is 13.5. The molecule has 0 bridgehead atoms. The van der Waals surface area contributed by atoms with E-state index in [4.69, 9.17) is 16.3 Å². The number of pyridine rings is 1. The smallest absolute Gasteiger partial charge is 0.250 e. The SMILES string of the molecule is CN=C(NCCCCn1c(C)cccc1=O)NCCc1ccc(OC)cc1Cl.I. The van der Waals surface area contributed by atoms with Crippen LogP contribution in [0.25, 0.3) is 0 Å². The number of hydrogen-bond acceptors (Lipinski definition) is 3. The van der Waals surface area contributed by atoms with Crippen LogP contribution in [-0.2, 0) is 13.0 Å². The van der Waals surface area contributed by atoms with Gasteiger partial charge in [0.25, 0.3) is 5.56 Å². The van der Waals surface area contributed by atoms with E-state index in [0.29, 0.717) is 5.02 Å². The first-order chi connectivity index (χ1) is 13.5. The monoisotopic (exact) mass is 532 g/mol. The average molecular weight is 533 g/mol. The number of hydrogen-bond donors (Lipinski definition) is 2. The summed E-state index contributed by atoms with van der Waals surface area (Å²) in [6.45, 7) is 4.21. The van der Waals surface area contributed by atoms with Crippen molar-refractivity contribution in [3.8, 4) is 5.75 Å². The molecule has 0 spiro atoms. The summed E-state index contributed by atoms with van der Waals surface area (Å²) < 4.78 is 6.98. The van der Waals surface area contributed by atoms with Gasteiger partial charge in [0.05, 0.1) is 7.11 Å². The molecule has 1 heterocycles. The van der Waals surface area contributed by atoms with Gasteiger partial charge in [-0.1, -0.05) is 23.7 Å². The summed E-state index contributed by atoms with van der Waals surface area (Å²) in [5.74, 6) is 1.52. The maximum absolute atomic E-state index is 11.9. The van der Waals surface area contributed by atoms with E-state index >= 15 is 0 Å². The lowest BCUT2D eigenvalue weighted by molar-refractivity contribution is 0.414. The molecule has 0 fully saturated rings. The quantitative estimate of drug-likeness (QED) is 0.224. The van der Waals surface area contributed by atoms with Gasteiger partial charge in [-0.3, -0.25) is 9.79 Å². The lowest BCUT2D eigenvalue weighted by Crippen LogP contribution is -2.38. The summed E-state index contributed by atoms with van der Waals surface area (Å²) in [6, 6.07) is 11.1. The molecule has 8 heteroatoms. The molecule has 0 saturated heterocycles. The Kier molecular flexibility index (Phi) is 11.8. The molecule has 0 saturated carbocycles. The van der Waals surface area contributed by atoms with Gasteiger partial charge in [-0.25, -0.2) is 0 Å². The maximum Gasteiger partial charge on any atom is 0.250 e. The molecule has 0 radical (unpaired) electrons. The van der Waals surface area contributed by atoms with Gasteiger partial charge in [-0.15, -0.1) is 24.0 Å². The van der Waals surface area contributed by atoms with E-state index in [0.717, 1.165) is 61.9 Å². The Labute approximate surface area is 194 Å². The lowest BCUT2D eigenvalue weighted by atomic mass is 10.1. The van der Waals surface area contributed by atoms with Crippen molar-refractivity contribution in [3.05, 3.63) is 63.0 Å². The third-order valence-corrected chi connectivity index (χ3v) is 4.89. The Bertz CT molecular complexity index is 855. The zero-order valence-electron chi connectivity index (χ0n) is 17.2. The van der Waals surface area contributed by atoms with E-state index < -0.39 is 0 Å². The second-order valence-electron chi connectivity index (χ2n) is 6.50. The maximum atomic E-state index is 11.9. The molecule has 0 aliphatic carbocycles. The number of nitrogens with one attached hydrogen (secondary N) is 2. The van der Waals surface area contributed by atoms with Gasteiger partial charge in [-0.05, 0) is 49.9 Å². The number of unbranched alkanes of at least 4 members (excludes halogenated alkanes) is 1. The van der Waals surface area contributed by atoms with Gasteiger partial charge in [0.15, 0.2) is 5.96 Å². The molecule has 29 heavy (non-hydrogen) atoms. The van der Waals surface area contributed by atoms with Crippen molar-refractivity contribution in [1.82, 2.24) is 15.2 Å². The molecule has 0 amide bonds. The van der Waals surface area contributed by atoms with Crippen LogP contribution < -0.4 is 20.9 Å². The fraction of sp³-hybridized carbons (Fsp3) is 0.429. The number of benzene rings is 1. The highest BCUT2D eigenvalue weighted by Crippen LogP contribution is 2.22. The number of aryl methyl sites for hydroxylation is 1. The number of ether oxygens (including phenoxy) is 1. The van der Waals surface area contributed by atoms with Crippen molar-refractivity contribution in [1.29, 1.82) is 0 Å². The van der Waals surface area contributed by atoms with Crippen molar-refractivity contribution in [2.45, 2.75) is 32.7 Å². The molecule has 2 aromatic rings. The van der Waals surface area contributed by atoms with Crippen LogP contribution in [0.4, 0.5) is 0 Å². The van der Waals surface area contributed by atoms with Crippen LogP contribution in [0.3, 0.4) is 0 Å². The number of rotatable bonds is 9. The summed E-state index contributed by atoms with van der Waals surface area (Å²) in [5, 5.41) is 7.30. The molecule has 0 atom stereocenters. The largest absolute Gasteiger partial charge is 0.497 e. The third-order valence-electron chi connectivity index (χ3n) is 4.54. The molecule has 1 aromatic heterocycles. The van der Waals surface area contributed by atoms with Gasteiger partial charge < -0.3 is 19.9 Å². The Balaban J connectivity index is 0.00000420. The van der Waals surface area contributed by atoms with E-state index in [-0.39, 0.29) is 29.5 Å². The lowest BCUT2D eigenvalue weighted by Gasteiger charge is -2.13. The van der Waals surface area contributed by atoms with Crippen molar-refractivity contribution >= 4 is 41.5 Å². The van der Waals surface area contributed by atoms with Crippen LogP contribution in [0.2, 0.25) is 5.02 Å². The normalized spacial score (nSPS) is 11.0. The molecular formula is C21H30ClIN4O2. The standard InChI is InChI=1S/C21H29ClN4O2.HI/c1-16-7-6-8-20(27)26(16)14-5-4-12-24-21(23-2)25-13-11-17-9-10-18(28-3)15-19(17)22;/h6-10,15H,4-5,11-14H2,1-3H3,(H2,23,24,25);1H. The summed E-state index contributed by atoms with van der Waals surface area (Å²) in [6.07, 6.45) is 2.67. The third kappa shape index (κ3) is 8.26. The molecular weight excluding hydrogens is 503 g/mol. The average Bonchev–Trinajstić information content (AvgIpc) is 2.69. The number of halogens is 2. The number of methoxy groups -OCH3 is 1. The highest BCUT2D eigenvalue weighted by Gasteiger charge is 2.04. The summed E-state index contributed by atoms with van der Waals surface area (Å²) in [4.78, 5) is 16.1. The molecule has 2 N–H and O–H groups in total. The van der Waals surface area contributed by atoms with Gasteiger partial charge in [-0.2, -0.15) is 0 Å². The Hall–Kier alpha value is -1.74. The molecule has 0 aliphatic rings. The van der Waals surface area contributed by atoms with Crippen LogP contribution >= 0.6 is 35.6 Å². The van der Waals surface area contributed by atoms with Crippen molar-refractivity contribution in [2.75, 3.05) is 27.2 Å². The predicted molar refractivity (Wildman–Crippen MR) is 131 cm³/mol. The minimum Gasteiger partial charge on any atom is -0.497 e. The highest BCUT2D eigenvalue weighted by molar-refractivity contribution is 14.0. The van der Waals surface area contributed by atoms with E-state index in [9.17, 15) is 4.79 Å². The number of aromatic nitrogens is 1. The zero-order chi connectivity index (χ0) is 20.4. The summed E-state index contributed by atoms with van der Waals surface area (Å²) >= 11 is 6.27. The van der Waals surface area contributed by atoms with Crippen molar-refractivity contribution in [2.24, 2.45) is 4.99 Å². The van der Waals surface area contributed by atoms with E-state index in [1.807, 2.05) is 35.8 Å². The topological polar surface area (TPSA) is 67.7 Å². The van der Waals surface area contributed by atoms with E-state index in [2.05, 4.69) is 15.6 Å². The molecule has 2 rings (SSSR count). The van der Waals surface area contributed by atoms with E-state index in [1.165, 1.54) is 0 Å². The molecule has 160 valence electrons. The molecule has 0 unspecified atom stereocenters. The minimum atomic E-state index is 0. The van der Waals surface area contributed by atoms with Gasteiger partial charge in [0.2, 0.25) is 0 Å². The van der Waals surface area contributed by atoms with Crippen molar-refractivity contribution in [3.63, 3.8) is 0 Å². The highest BCUT2D eigenvalue weighted by atomic mass is 127. The van der Waals surface area contributed by atoms with Gasteiger partial charge >= 0.3 is 0 Å². The first-order valence-electron chi connectivity index (χ1n) is 9.48. The van der Waals surface area contributed by atoms with E-state index in [1.54, 1.807) is 26.3 Å². The summed E-state index contributed by atoms with van der Waals surface area (Å²) in [7, 11) is 3.38. The van der Waals surface area contributed by atoms with Gasteiger partial charge in [0.1, 0.15) is 5.75 Å². The molecule has 6 nitrogen and oxygen atoms in total. The van der Waals surface area contributed by atoms with Crippen LogP contribution in [0.15, 0.2) is 46.2 Å².